The van der Waals surface area contributed by atoms with Crippen molar-refractivity contribution >= 4 is 17.0 Å². The van der Waals surface area contributed by atoms with Gasteiger partial charge in [-0.3, -0.25) is 4.98 Å². The number of nitrogens with zero attached hydrogens (tertiary/aromatic N) is 4. The lowest BCUT2D eigenvalue weighted by Crippen LogP contribution is -2.45. The maximum Gasteiger partial charge on any atom is 0.201 e. The van der Waals surface area contributed by atoms with E-state index in [1.807, 2.05) is 6.07 Å². The molecule has 5 heteroatoms. The molecular weight excluding hydrogens is 238 g/mol. The van der Waals surface area contributed by atoms with E-state index in [0.29, 0.717) is 5.95 Å². The number of aromatic nitrogens is 3. The zero-order valence-electron chi connectivity index (χ0n) is 11.6. The molecule has 2 aromatic heterocycles. The zero-order chi connectivity index (χ0) is 13.5. The normalized spacial score (nSPS) is 18.5. The molecule has 2 aromatic rings. The average molecular weight is 259 g/mol. The first-order chi connectivity index (χ1) is 9.12. The van der Waals surface area contributed by atoms with E-state index in [1.165, 1.54) is 25.7 Å². The molecule has 0 aromatic carbocycles. The van der Waals surface area contributed by atoms with Crippen molar-refractivity contribution < 1.29 is 0 Å². The molecule has 0 atom stereocenters. The van der Waals surface area contributed by atoms with Crippen LogP contribution in [0.5, 0.6) is 0 Å². The van der Waals surface area contributed by atoms with Crippen LogP contribution in [-0.2, 0) is 6.54 Å². The molecule has 1 aliphatic rings. The fourth-order valence-electron chi connectivity index (χ4n) is 3.24. The summed E-state index contributed by atoms with van der Waals surface area (Å²) in [6.07, 6.45) is 8.63. The van der Waals surface area contributed by atoms with Crippen molar-refractivity contribution in [3.05, 3.63) is 18.5 Å². The van der Waals surface area contributed by atoms with Crippen molar-refractivity contribution in [2.75, 3.05) is 19.8 Å². The molecule has 2 N–H and O–H groups in total. The first-order valence-corrected chi connectivity index (χ1v) is 6.86. The number of anilines is 1. The molecule has 0 saturated heterocycles. The number of hydrogen-bond acceptors (Lipinski definition) is 4. The molecule has 5 nitrogen and oxygen atoms in total. The van der Waals surface area contributed by atoms with Gasteiger partial charge in [-0.1, -0.05) is 12.8 Å². The number of nitrogens with two attached hydrogens (primary N) is 1. The van der Waals surface area contributed by atoms with Crippen LogP contribution in [0.25, 0.3) is 11.0 Å². The van der Waals surface area contributed by atoms with Gasteiger partial charge in [0.15, 0.2) is 0 Å². The molecule has 0 unspecified atom stereocenters. The van der Waals surface area contributed by atoms with Crippen LogP contribution < -0.4 is 5.73 Å². The van der Waals surface area contributed by atoms with Gasteiger partial charge in [0.2, 0.25) is 5.95 Å². The summed E-state index contributed by atoms with van der Waals surface area (Å²) < 4.78 is 2.14. The third-order valence-corrected chi connectivity index (χ3v) is 4.52. The highest BCUT2D eigenvalue weighted by atomic mass is 15.2. The number of likely N-dealkylation sites (N-methyl/N-ethyl adjacent to an activating group) is 1. The van der Waals surface area contributed by atoms with E-state index in [-0.39, 0.29) is 5.54 Å². The van der Waals surface area contributed by atoms with Crippen LogP contribution in [0, 0.1) is 0 Å². The van der Waals surface area contributed by atoms with Gasteiger partial charge in [0, 0.05) is 18.3 Å². The largest absolute Gasteiger partial charge is 0.369 e. The molecule has 0 amide bonds. The van der Waals surface area contributed by atoms with E-state index in [2.05, 4.69) is 33.5 Å². The van der Waals surface area contributed by atoms with Crippen LogP contribution >= 0.6 is 0 Å². The molecule has 0 spiro atoms. The Morgan fingerprint density at radius 2 is 2.11 bits per heavy atom. The summed E-state index contributed by atoms with van der Waals surface area (Å²) in [5.74, 6) is 0.594. The summed E-state index contributed by atoms with van der Waals surface area (Å²) in [6.45, 7) is 0.909. The lowest BCUT2D eigenvalue weighted by Gasteiger charge is -2.37. The van der Waals surface area contributed by atoms with Crippen molar-refractivity contribution in [1.29, 1.82) is 0 Å². The molecule has 1 fully saturated rings. The van der Waals surface area contributed by atoms with E-state index < -0.39 is 0 Å². The van der Waals surface area contributed by atoms with Crippen molar-refractivity contribution in [2.45, 2.75) is 37.8 Å². The fraction of sp³-hybridized carbons (Fsp3) is 0.571. The van der Waals surface area contributed by atoms with E-state index in [9.17, 15) is 0 Å². The minimum Gasteiger partial charge on any atom is -0.369 e. The van der Waals surface area contributed by atoms with Gasteiger partial charge in [0.05, 0.1) is 11.7 Å². The summed E-state index contributed by atoms with van der Waals surface area (Å²) >= 11 is 0. The highest BCUT2D eigenvalue weighted by molar-refractivity contribution is 5.77. The van der Waals surface area contributed by atoms with Crippen LogP contribution in [-0.4, -0.2) is 39.1 Å². The zero-order valence-corrected chi connectivity index (χ0v) is 11.6. The quantitative estimate of drug-likeness (QED) is 0.914. The minimum atomic E-state index is 0.213. The lowest BCUT2D eigenvalue weighted by atomic mass is 9.96. The number of rotatable bonds is 3. The predicted molar refractivity (Wildman–Crippen MR) is 76.8 cm³/mol. The Morgan fingerprint density at radius 3 is 2.79 bits per heavy atom. The van der Waals surface area contributed by atoms with Gasteiger partial charge in [0.25, 0.3) is 0 Å². The highest BCUT2D eigenvalue weighted by Gasteiger charge is 2.37. The second kappa shape index (κ2) is 4.49. The fourth-order valence-corrected chi connectivity index (χ4v) is 3.24. The Hall–Kier alpha value is -1.62. The third-order valence-electron chi connectivity index (χ3n) is 4.52. The molecule has 102 valence electrons. The summed E-state index contributed by atoms with van der Waals surface area (Å²) in [7, 11) is 4.34. The van der Waals surface area contributed by atoms with Crippen LogP contribution in [0.2, 0.25) is 0 Å². The minimum absolute atomic E-state index is 0.213. The molecule has 3 rings (SSSR count). The molecular formula is C14H21N5. The van der Waals surface area contributed by atoms with E-state index in [4.69, 9.17) is 5.73 Å². The van der Waals surface area contributed by atoms with Crippen molar-refractivity contribution in [1.82, 2.24) is 19.4 Å². The van der Waals surface area contributed by atoms with Gasteiger partial charge < -0.3 is 15.2 Å². The molecule has 19 heavy (non-hydrogen) atoms. The van der Waals surface area contributed by atoms with E-state index >= 15 is 0 Å². The summed E-state index contributed by atoms with van der Waals surface area (Å²) in [6, 6.07) is 2.00. The standard InChI is InChI=1S/C14H21N5/c1-18(2)14(6-3-4-7-14)10-19-12-5-8-16-9-11(12)17-13(19)15/h5,8-9H,3-4,6-7,10H2,1-2H3,(H2,15,17). The van der Waals surface area contributed by atoms with Gasteiger partial charge in [-0.25, -0.2) is 4.98 Å². The lowest BCUT2D eigenvalue weighted by molar-refractivity contribution is 0.136. The number of pyridine rings is 1. The summed E-state index contributed by atoms with van der Waals surface area (Å²) in [4.78, 5) is 10.9. The van der Waals surface area contributed by atoms with Gasteiger partial charge >= 0.3 is 0 Å². The number of fused-ring (bicyclic) bond motifs is 1. The van der Waals surface area contributed by atoms with Gasteiger partial charge in [0.1, 0.15) is 5.52 Å². The predicted octanol–water partition coefficient (Wildman–Crippen LogP) is 1.89. The molecule has 1 aliphatic carbocycles. The smallest absolute Gasteiger partial charge is 0.201 e. The van der Waals surface area contributed by atoms with Crippen LogP contribution in [0.4, 0.5) is 5.95 Å². The summed E-state index contributed by atoms with van der Waals surface area (Å²) in [5, 5.41) is 0. The first kappa shape index (κ1) is 12.4. The SMILES string of the molecule is CN(C)C1(Cn2c(N)nc3cnccc32)CCCC1. The molecule has 0 aliphatic heterocycles. The summed E-state index contributed by atoms with van der Waals surface area (Å²) in [5.41, 5.74) is 8.27. The van der Waals surface area contributed by atoms with Gasteiger partial charge in [-0.15, -0.1) is 0 Å². The highest BCUT2D eigenvalue weighted by Crippen LogP contribution is 2.36. The van der Waals surface area contributed by atoms with Crippen LogP contribution in [0.1, 0.15) is 25.7 Å². The average Bonchev–Trinajstić information content (AvgIpc) is 2.97. The van der Waals surface area contributed by atoms with Crippen molar-refractivity contribution in [3.8, 4) is 0 Å². The molecule has 1 saturated carbocycles. The molecule has 0 bridgehead atoms. The van der Waals surface area contributed by atoms with Crippen molar-refractivity contribution in [3.63, 3.8) is 0 Å². The second-order valence-corrected chi connectivity index (χ2v) is 5.75. The Morgan fingerprint density at radius 1 is 1.37 bits per heavy atom. The van der Waals surface area contributed by atoms with Gasteiger partial charge in [-0.2, -0.15) is 0 Å². The van der Waals surface area contributed by atoms with E-state index in [0.717, 1.165) is 17.6 Å². The number of hydrogen-bond donors (Lipinski definition) is 1. The van der Waals surface area contributed by atoms with Crippen LogP contribution in [0.15, 0.2) is 18.5 Å². The van der Waals surface area contributed by atoms with Crippen molar-refractivity contribution in [2.24, 2.45) is 0 Å². The third kappa shape index (κ3) is 1.98. The second-order valence-electron chi connectivity index (χ2n) is 5.75. The topological polar surface area (TPSA) is 60.0 Å². The van der Waals surface area contributed by atoms with Crippen LogP contribution in [0.3, 0.4) is 0 Å². The Labute approximate surface area is 113 Å². The maximum atomic E-state index is 6.10. The van der Waals surface area contributed by atoms with Gasteiger partial charge in [-0.05, 0) is 33.0 Å². The molecule has 2 heterocycles. The monoisotopic (exact) mass is 259 g/mol. The Bertz CT molecular complexity index is 581. The Kier molecular flexibility index (Phi) is 2.93. The van der Waals surface area contributed by atoms with E-state index in [1.54, 1.807) is 12.4 Å². The number of nitrogen functional groups attached to an aromatic ring is 1. The Balaban J connectivity index is 2.03. The number of imidazole rings is 1. The maximum absolute atomic E-state index is 6.10. The molecule has 0 radical (unpaired) electrons. The first-order valence-electron chi connectivity index (χ1n) is 6.86.